The molecule has 0 unspecified atom stereocenters. The SMILES string of the molecule is O=C(CBr)c1c([O-])on[n+]1-c1ccccc1. The molecule has 2 rings (SSSR count). The molecule has 1 heterocycles. The average molecular weight is 283 g/mol. The number of nitrogens with zero attached hydrogens (tertiary/aromatic N) is 2. The van der Waals surface area contributed by atoms with Gasteiger partial charge in [-0.1, -0.05) is 34.1 Å². The normalized spacial score (nSPS) is 10.3. The van der Waals surface area contributed by atoms with E-state index in [1.165, 1.54) is 4.68 Å². The molecule has 0 saturated carbocycles. The Bertz CT molecular complexity index is 510. The third kappa shape index (κ3) is 1.83. The van der Waals surface area contributed by atoms with E-state index >= 15 is 0 Å². The maximum Gasteiger partial charge on any atom is 0.307 e. The Morgan fingerprint density at radius 2 is 2.12 bits per heavy atom. The lowest BCUT2D eigenvalue weighted by molar-refractivity contribution is -0.672. The zero-order valence-corrected chi connectivity index (χ0v) is 9.68. The Kier molecular flexibility index (Phi) is 3.00. The van der Waals surface area contributed by atoms with E-state index in [1.54, 1.807) is 24.3 Å². The Morgan fingerprint density at radius 3 is 2.75 bits per heavy atom. The fraction of sp³-hybridized carbons (Fsp3) is 0.100. The van der Waals surface area contributed by atoms with E-state index in [4.69, 9.17) is 0 Å². The second kappa shape index (κ2) is 4.44. The highest BCUT2D eigenvalue weighted by Crippen LogP contribution is 2.11. The number of halogens is 1. The van der Waals surface area contributed by atoms with Crippen LogP contribution in [0.15, 0.2) is 34.9 Å². The van der Waals surface area contributed by atoms with Crippen molar-refractivity contribution in [2.24, 2.45) is 0 Å². The number of benzene rings is 1. The molecule has 16 heavy (non-hydrogen) atoms. The molecule has 2 aromatic rings. The molecule has 0 N–H and O–H groups in total. The standard InChI is InChI=1S/C10H7BrN2O3/c11-6-8(14)9-10(15)16-12-13(9)7-4-2-1-3-5-7/h1-5H,6H2. The van der Waals surface area contributed by atoms with Crippen molar-refractivity contribution in [3.8, 4) is 11.6 Å². The largest absolute Gasteiger partial charge is 0.539 e. The number of carbonyl (C=O) groups is 1. The number of hydrogen-bond acceptors (Lipinski definition) is 4. The Balaban J connectivity index is 2.55. The van der Waals surface area contributed by atoms with Gasteiger partial charge >= 0.3 is 5.69 Å². The van der Waals surface area contributed by atoms with Gasteiger partial charge in [-0.15, -0.1) is 0 Å². The molecular formula is C10H7BrN2O3. The molecule has 0 saturated heterocycles. The molecule has 5 nitrogen and oxygen atoms in total. The summed E-state index contributed by atoms with van der Waals surface area (Å²) in [4.78, 5) is 11.5. The first-order valence-corrected chi connectivity index (χ1v) is 5.60. The highest BCUT2D eigenvalue weighted by molar-refractivity contribution is 9.09. The number of aromatic nitrogens is 2. The van der Waals surface area contributed by atoms with E-state index in [9.17, 15) is 9.90 Å². The summed E-state index contributed by atoms with van der Waals surface area (Å²) in [6.07, 6.45) is 0. The van der Waals surface area contributed by atoms with Crippen LogP contribution in [0.4, 0.5) is 0 Å². The molecule has 1 aromatic heterocycles. The molecule has 0 spiro atoms. The van der Waals surface area contributed by atoms with Crippen LogP contribution in [0.5, 0.6) is 5.95 Å². The molecule has 82 valence electrons. The quantitative estimate of drug-likeness (QED) is 0.470. The van der Waals surface area contributed by atoms with Crippen LogP contribution >= 0.6 is 15.9 Å². The maximum absolute atomic E-state index is 11.5. The van der Waals surface area contributed by atoms with Crippen LogP contribution in [0.1, 0.15) is 10.5 Å². The minimum Gasteiger partial charge on any atom is -0.539 e. The molecule has 0 radical (unpaired) electrons. The topological polar surface area (TPSA) is 70.0 Å². The molecule has 1 aromatic carbocycles. The lowest BCUT2D eigenvalue weighted by Crippen LogP contribution is -2.39. The first-order valence-electron chi connectivity index (χ1n) is 4.47. The molecule has 0 aliphatic rings. The number of carbonyl (C=O) groups excluding carboxylic acids is 1. The van der Waals surface area contributed by atoms with Gasteiger partial charge in [-0.2, -0.15) is 0 Å². The fourth-order valence-corrected chi connectivity index (χ4v) is 1.55. The zero-order chi connectivity index (χ0) is 11.5. The summed E-state index contributed by atoms with van der Waals surface area (Å²) in [6, 6.07) is 8.85. The number of para-hydroxylation sites is 1. The summed E-state index contributed by atoms with van der Waals surface area (Å²) < 4.78 is 5.69. The van der Waals surface area contributed by atoms with Gasteiger partial charge in [0.25, 0.3) is 0 Å². The lowest BCUT2D eigenvalue weighted by Gasteiger charge is -1.93. The van der Waals surface area contributed by atoms with E-state index in [0.29, 0.717) is 5.69 Å². The van der Waals surface area contributed by atoms with Gasteiger partial charge in [0, 0.05) is 12.1 Å². The van der Waals surface area contributed by atoms with Crippen molar-refractivity contribution in [1.29, 1.82) is 0 Å². The van der Waals surface area contributed by atoms with E-state index in [2.05, 4.69) is 25.7 Å². The van der Waals surface area contributed by atoms with Crippen molar-refractivity contribution in [3.63, 3.8) is 0 Å². The molecule has 0 aliphatic heterocycles. The first-order chi connectivity index (χ1) is 7.74. The van der Waals surface area contributed by atoms with Gasteiger partial charge in [-0.25, -0.2) is 0 Å². The average Bonchev–Trinajstić information content (AvgIpc) is 2.71. The van der Waals surface area contributed by atoms with Gasteiger partial charge in [0.2, 0.25) is 11.5 Å². The maximum atomic E-state index is 11.5. The minimum atomic E-state index is -0.728. The predicted molar refractivity (Wildman–Crippen MR) is 55.6 cm³/mol. The van der Waals surface area contributed by atoms with Gasteiger partial charge < -0.3 is 9.63 Å². The molecule has 0 fully saturated rings. The summed E-state index contributed by atoms with van der Waals surface area (Å²) in [6.45, 7) is 0. The number of rotatable bonds is 3. The Morgan fingerprint density at radius 1 is 1.44 bits per heavy atom. The number of Topliss-reactive ketones (excluding diaryl/α,β-unsaturated/α-hetero) is 1. The lowest BCUT2D eigenvalue weighted by atomic mass is 10.3. The van der Waals surface area contributed by atoms with Crippen LogP contribution in [0, 0.1) is 0 Å². The minimum absolute atomic E-state index is 0.0519. The fourth-order valence-electron chi connectivity index (χ4n) is 1.29. The van der Waals surface area contributed by atoms with Crippen molar-refractivity contribution in [2.75, 3.05) is 5.33 Å². The monoisotopic (exact) mass is 282 g/mol. The summed E-state index contributed by atoms with van der Waals surface area (Å²) >= 11 is 3.01. The molecule has 0 atom stereocenters. The van der Waals surface area contributed by atoms with Crippen LogP contribution < -0.4 is 9.79 Å². The van der Waals surface area contributed by atoms with Crippen LogP contribution in [0.3, 0.4) is 0 Å². The van der Waals surface area contributed by atoms with Gasteiger partial charge in [0.05, 0.1) is 10.6 Å². The van der Waals surface area contributed by atoms with E-state index < -0.39 is 5.95 Å². The van der Waals surface area contributed by atoms with E-state index in [-0.39, 0.29) is 16.8 Å². The summed E-state index contributed by atoms with van der Waals surface area (Å²) in [5.41, 5.74) is 0.528. The molecule has 0 amide bonds. The van der Waals surface area contributed by atoms with Crippen molar-refractivity contribution >= 4 is 21.7 Å². The van der Waals surface area contributed by atoms with Crippen LogP contribution in [-0.2, 0) is 0 Å². The Labute approximate surface area is 99.4 Å². The van der Waals surface area contributed by atoms with Crippen LogP contribution in [0.25, 0.3) is 5.69 Å². The second-order valence-corrected chi connectivity index (χ2v) is 3.57. The van der Waals surface area contributed by atoms with Crippen LogP contribution in [-0.4, -0.2) is 16.4 Å². The predicted octanol–water partition coefficient (Wildman–Crippen LogP) is 0.603. The van der Waals surface area contributed by atoms with E-state index in [0.717, 1.165) is 0 Å². The molecule has 0 aliphatic carbocycles. The Hall–Kier alpha value is -1.69. The number of hydrogen-bond donors (Lipinski definition) is 0. The summed E-state index contributed by atoms with van der Waals surface area (Å²) in [5, 5.41) is 14.9. The van der Waals surface area contributed by atoms with Crippen LogP contribution in [0.2, 0.25) is 0 Å². The van der Waals surface area contributed by atoms with Gasteiger partial charge in [-0.3, -0.25) is 4.79 Å². The summed E-state index contributed by atoms with van der Waals surface area (Å²) in [5.74, 6) is -1.09. The molecule has 6 heteroatoms. The highest BCUT2D eigenvalue weighted by atomic mass is 79.9. The highest BCUT2D eigenvalue weighted by Gasteiger charge is 2.26. The smallest absolute Gasteiger partial charge is 0.307 e. The van der Waals surface area contributed by atoms with Gasteiger partial charge in [-0.05, 0) is 4.68 Å². The number of alkyl halides is 1. The molecular weight excluding hydrogens is 276 g/mol. The summed E-state index contributed by atoms with van der Waals surface area (Å²) in [7, 11) is 0. The van der Waals surface area contributed by atoms with Gasteiger partial charge in [0.1, 0.15) is 0 Å². The molecule has 0 bridgehead atoms. The third-order valence-corrected chi connectivity index (χ3v) is 2.51. The first kappa shape index (κ1) is 10.8. The third-order valence-electron chi connectivity index (χ3n) is 2.00. The van der Waals surface area contributed by atoms with Crippen molar-refractivity contribution in [1.82, 2.24) is 5.27 Å². The second-order valence-electron chi connectivity index (χ2n) is 3.01. The van der Waals surface area contributed by atoms with Crippen molar-refractivity contribution < 1.29 is 19.1 Å². The van der Waals surface area contributed by atoms with Crippen molar-refractivity contribution in [2.45, 2.75) is 0 Å². The van der Waals surface area contributed by atoms with E-state index in [1.807, 2.05) is 6.07 Å². The van der Waals surface area contributed by atoms with Gasteiger partial charge in [0.15, 0.2) is 5.95 Å². The number of ketones is 1. The van der Waals surface area contributed by atoms with Crippen molar-refractivity contribution in [3.05, 3.63) is 36.0 Å². The zero-order valence-electron chi connectivity index (χ0n) is 8.09.